The molecule has 2 aromatic rings. The van der Waals surface area contributed by atoms with Gasteiger partial charge in [-0.25, -0.2) is 0 Å². The number of fused-ring (bicyclic) bond motifs is 1. The summed E-state index contributed by atoms with van der Waals surface area (Å²) in [5, 5.41) is 6.87. The Balaban J connectivity index is 1.66. The van der Waals surface area contributed by atoms with Gasteiger partial charge in [0.05, 0.1) is 19.6 Å². The molecule has 2 rings (SSSR count). The van der Waals surface area contributed by atoms with Gasteiger partial charge in [-0.05, 0) is 54.3 Å². The molecule has 0 atom stereocenters. The van der Waals surface area contributed by atoms with Gasteiger partial charge in [0.1, 0.15) is 5.60 Å². The smallest absolute Gasteiger partial charge is 0.308 e. The summed E-state index contributed by atoms with van der Waals surface area (Å²) in [6, 6.07) is 6.47. The number of carbonyl (C=O) groups is 1. The summed E-state index contributed by atoms with van der Waals surface area (Å²) in [5.41, 5.74) is 0.839. The second-order valence-electron chi connectivity index (χ2n) is 6.03. The second-order valence-corrected chi connectivity index (χ2v) is 6.78. The van der Waals surface area contributed by atoms with Crippen LogP contribution >= 0.6 is 11.3 Å². The molecule has 1 heterocycles. The average Bonchev–Trinajstić information content (AvgIpc) is 2.83. The lowest BCUT2D eigenvalue weighted by Gasteiger charge is -2.19. The molecule has 0 bridgehead atoms. The van der Waals surface area contributed by atoms with Crippen molar-refractivity contribution in [3.05, 3.63) is 34.5 Å². The van der Waals surface area contributed by atoms with Crippen LogP contribution in [0.15, 0.2) is 29.0 Å². The first kappa shape index (κ1) is 16.0. The molecule has 114 valence electrons. The van der Waals surface area contributed by atoms with Crippen molar-refractivity contribution in [2.45, 2.75) is 39.2 Å². The highest BCUT2D eigenvalue weighted by Gasteiger charge is 2.15. The number of hydrogen-bond donors (Lipinski definition) is 0. The van der Waals surface area contributed by atoms with E-state index in [4.69, 9.17) is 9.47 Å². The molecule has 0 aliphatic heterocycles. The van der Waals surface area contributed by atoms with E-state index in [2.05, 4.69) is 29.0 Å². The van der Waals surface area contributed by atoms with Crippen LogP contribution in [0.25, 0.3) is 10.8 Å². The predicted octanol–water partition coefficient (Wildman–Crippen LogP) is 4.19. The molecule has 0 amide bonds. The Bertz CT molecular complexity index is 595. The largest absolute Gasteiger partial charge is 0.460 e. The van der Waals surface area contributed by atoms with Crippen LogP contribution in [0.2, 0.25) is 0 Å². The summed E-state index contributed by atoms with van der Waals surface area (Å²) in [5.74, 6) is -0.206. The van der Waals surface area contributed by atoms with Gasteiger partial charge in [0.15, 0.2) is 0 Å². The van der Waals surface area contributed by atoms with Crippen molar-refractivity contribution in [3.8, 4) is 0 Å². The van der Waals surface area contributed by atoms with E-state index < -0.39 is 5.60 Å². The van der Waals surface area contributed by atoms with Gasteiger partial charge < -0.3 is 9.47 Å². The zero-order valence-electron chi connectivity index (χ0n) is 12.8. The Morgan fingerprint density at radius 3 is 2.67 bits per heavy atom. The number of thiophene rings is 1. The lowest BCUT2D eigenvalue weighted by atomic mass is 10.1. The fourth-order valence-electron chi connectivity index (χ4n) is 2.01. The van der Waals surface area contributed by atoms with Gasteiger partial charge in [-0.1, -0.05) is 18.2 Å². The maximum atomic E-state index is 11.5. The molecule has 0 aliphatic carbocycles. The van der Waals surface area contributed by atoms with Gasteiger partial charge in [-0.3, -0.25) is 4.79 Å². The molecule has 21 heavy (non-hydrogen) atoms. The van der Waals surface area contributed by atoms with Crippen molar-refractivity contribution in [1.29, 1.82) is 0 Å². The number of hydrogen-bond acceptors (Lipinski definition) is 4. The lowest BCUT2D eigenvalue weighted by molar-refractivity contribution is -0.156. The Morgan fingerprint density at radius 1 is 1.14 bits per heavy atom. The quantitative estimate of drug-likeness (QED) is 0.593. The minimum atomic E-state index is -0.424. The maximum Gasteiger partial charge on any atom is 0.308 e. The van der Waals surface area contributed by atoms with E-state index >= 15 is 0 Å². The molecule has 3 nitrogen and oxygen atoms in total. The summed E-state index contributed by atoms with van der Waals surface area (Å²) in [6.07, 6.45) is 1.17. The van der Waals surface area contributed by atoms with E-state index in [9.17, 15) is 4.79 Å². The van der Waals surface area contributed by atoms with Gasteiger partial charge in [-0.15, -0.1) is 0 Å². The van der Waals surface area contributed by atoms with Crippen LogP contribution in [0, 0.1) is 0 Å². The van der Waals surface area contributed by atoms with Gasteiger partial charge in [0.25, 0.3) is 0 Å². The molecule has 0 unspecified atom stereocenters. The third-order valence-electron chi connectivity index (χ3n) is 2.95. The van der Waals surface area contributed by atoms with Crippen molar-refractivity contribution in [2.24, 2.45) is 0 Å². The normalized spacial score (nSPS) is 11.8. The number of benzene rings is 1. The number of rotatable bonds is 6. The molecule has 0 saturated heterocycles. The molecular weight excluding hydrogens is 284 g/mol. The minimum Gasteiger partial charge on any atom is -0.460 e. The topological polar surface area (TPSA) is 35.5 Å². The van der Waals surface area contributed by atoms with E-state index in [0.717, 1.165) is 6.42 Å². The Kier molecular flexibility index (Phi) is 5.37. The zero-order chi connectivity index (χ0) is 15.3. The fourth-order valence-corrected chi connectivity index (χ4v) is 2.79. The molecule has 4 heteroatoms. The molecule has 0 aliphatic rings. The van der Waals surface area contributed by atoms with E-state index in [1.54, 1.807) is 11.3 Å². The molecule has 0 N–H and O–H groups in total. The molecule has 0 spiro atoms. The van der Waals surface area contributed by atoms with Crippen LogP contribution < -0.4 is 0 Å². The first-order chi connectivity index (χ1) is 9.94. The van der Waals surface area contributed by atoms with E-state index in [-0.39, 0.29) is 5.97 Å². The molecule has 1 aromatic carbocycles. The van der Waals surface area contributed by atoms with E-state index in [1.807, 2.05) is 20.8 Å². The van der Waals surface area contributed by atoms with Crippen LogP contribution in [-0.4, -0.2) is 24.8 Å². The highest BCUT2D eigenvalue weighted by molar-refractivity contribution is 7.09. The van der Waals surface area contributed by atoms with Gasteiger partial charge in [-0.2, -0.15) is 11.3 Å². The predicted molar refractivity (Wildman–Crippen MR) is 86.8 cm³/mol. The molecule has 1 aromatic heterocycles. The fraction of sp³-hybridized carbons (Fsp3) is 0.471. The van der Waals surface area contributed by atoms with E-state index in [0.29, 0.717) is 19.6 Å². The van der Waals surface area contributed by atoms with Gasteiger partial charge in [0, 0.05) is 0 Å². The standard InChI is InChI=1S/C17H22O3S/c1-17(2,3)20-16(18)7-9-19-8-6-13-4-5-14-11-21-12-15(14)10-13/h4-5,10-12H,6-9H2,1-3H3. The monoisotopic (exact) mass is 306 g/mol. The Labute approximate surface area is 129 Å². The summed E-state index contributed by atoms with van der Waals surface area (Å²) in [7, 11) is 0. The Morgan fingerprint density at radius 2 is 1.90 bits per heavy atom. The molecule has 0 radical (unpaired) electrons. The third-order valence-corrected chi connectivity index (χ3v) is 3.73. The first-order valence-electron chi connectivity index (χ1n) is 7.18. The van der Waals surface area contributed by atoms with E-state index in [1.165, 1.54) is 16.3 Å². The van der Waals surface area contributed by atoms with Crippen LogP contribution in [0.5, 0.6) is 0 Å². The van der Waals surface area contributed by atoms with Crippen molar-refractivity contribution in [2.75, 3.05) is 13.2 Å². The third kappa shape index (κ3) is 5.48. The summed E-state index contributed by atoms with van der Waals surface area (Å²) in [6.45, 7) is 6.64. The molecule has 0 fully saturated rings. The summed E-state index contributed by atoms with van der Waals surface area (Å²) in [4.78, 5) is 11.5. The van der Waals surface area contributed by atoms with Crippen molar-refractivity contribution in [1.82, 2.24) is 0 Å². The molecule has 0 saturated carbocycles. The van der Waals surface area contributed by atoms with Crippen LogP contribution in [-0.2, 0) is 20.7 Å². The number of carbonyl (C=O) groups excluding carboxylic acids is 1. The average molecular weight is 306 g/mol. The van der Waals surface area contributed by atoms with Crippen molar-refractivity contribution >= 4 is 28.1 Å². The summed E-state index contributed by atoms with van der Waals surface area (Å²) >= 11 is 1.72. The lowest BCUT2D eigenvalue weighted by Crippen LogP contribution is -2.24. The highest BCUT2D eigenvalue weighted by Crippen LogP contribution is 2.20. The van der Waals surface area contributed by atoms with Gasteiger partial charge >= 0.3 is 5.97 Å². The van der Waals surface area contributed by atoms with Crippen LogP contribution in [0.1, 0.15) is 32.8 Å². The van der Waals surface area contributed by atoms with Crippen molar-refractivity contribution in [3.63, 3.8) is 0 Å². The number of ether oxygens (including phenoxy) is 2. The zero-order valence-corrected chi connectivity index (χ0v) is 13.7. The van der Waals surface area contributed by atoms with Crippen LogP contribution in [0.3, 0.4) is 0 Å². The minimum absolute atomic E-state index is 0.206. The first-order valence-corrected chi connectivity index (χ1v) is 8.13. The van der Waals surface area contributed by atoms with Gasteiger partial charge in [0.2, 0.25) is 0 Å². The second kappa shape index (κ2) is 7.05. The highest BCUT2D eigenvalue weighted by atomic mass is 32.1. The molecular formula is C17H22O3S. The summed E-state index contributed by atoms with van der Waals surface area (Å²) < 4.78 is 10.7. The Hall–Kier alpha value is -1.39. The van der Waals surface area contributed by atoms with Crippen LogP contribution in [0.4, 0.5) is 0 Å². The number of esters is 1. The van der Waals surface area contributed by atoms with Crippen molar-refractivity contribution < 1.29 is 14.3 Å². The maximum absolute atomic E-state index is 11.5. The SMILES string of the molecule is CC(C)(C)OC(=O)CCOCCc1ccc2cscc2c1.